The molecule has 0 amide bonds. The predicted molar refractivity (Wildman–Crippen MR) is 104 cm³/mol. The van der Waals surface area contributed by atoms with Gasteiger partial charge in [-0.2, -0.15) is 10.2 Å². The molecule has 0 aliphatic carbocycles. The molecule has 2 aromatic carbocycles. The van der Waals surface area contributed by atoms with Gasteiger partial charge in [-0.1, -0.05) is 36.4 Å². The van der Waals surface area contributed by atoms with E-state index in [1.807, 2.05) is 36.4 Å². The number of rotatable bonds is 5. The van der Waals surface area contributed by atoms with Crippen LogP contribution in [-0.2, 0) is 5.75 Å². The van der Waals surface area contributed by atoms with Crippen LogP contribution >= 0.6 is 11.8 Å². The molecule has 0 aliphatic heterocycles. The number of aromatic nitrogens is 2. The number of benzene rings is 2. The Morgan fingerprint density at radius 2 is 1.89 bits per heavy atom. The van der Waals surface area contributed by atoms with Crippen molar-refractivity contribution in [1.82, 2.24) is 9.97 Å². The van der Waals surface area contributed by atoms with Crippen molar-refractivity contribution < 1.29 is 4.92 Å². The molecular formula is C18H14N6O2S. The van der Waals surface area contributed by atoms with E-state index in [4.69, 9.17) is 11.5 Å². The third kappa shape index (κ3) is 3.96. The topological polar surface area (TPSA) is 145 Å². The molecule has 8 nitrogen and oxygen atoms in total. The van der Waals surface area contributed by atoms with E-state index in [0.29, 0.717) is 16.2 Å². The standard InChI is InChI=1S/C18H14N6O2S/c19-9-13-16(22-18(21)23-17(13)20)12-6-7-15(14(8-12)24(25)26)27-10-11-4-2-1-3-5-11/h1-8H,10H2,(H4,20,21,22,23). The van der Waals surface area contributed by atoms with Gasteiger partial charge < -0.3 is 11.5 Å². The Bertz CT molecular complexity index is 1050. The molecular weight excluding hydrogens is 364 g/mol. The number of nitrogens with two attached hydrogens (primary N) is 2. The van der Waals surface area contributed by atoms with Crippen LogP contribution in [0, 0.1) is 21.4 Å². The predicted octanol–water partition coefficient (Wildman–Crippen LogP) is 3.38. The van der Waals surface area contributed by atoms with Gasteiger partial charge in [-0.05, 0) is 11.6 Å². The monoisotopic (exact) mass is 378 g/mol. The Hall–Kier alpha value is -3.64. The van der Waals surface area contributed by atoms with E-state index in [-0.39, 0.29) is 28.7 Å². The molecule has 4 N–H and O–H groups in total. The number of nitro benzene ring substituents is 1. The van der Waals surface area contributed by atoms with Crippen LogP contribution in [0.5, 0.6) is 0 Å². The molecule has 1 aromatic heterocycles. The van der Waals surface area contributed by atoms with Crippen LogP contribution in [0.4, 0.5) is 17.5 Å². The number of nitrogen functional groups attached to an aromatic ring is 2. The summed E-state index contributed by atoms with van der Waals surface area (Å²) in [5.41, 5.74) is 12.9. The number of nitrogens with zero attached hydrogens (tertiary/aromatic N) is 4. The lowest BCUT2D eigenvalue weighted by Gasteiger charge is -2.09. The lowest BCUT2D eigenvalue weighted by Crippen LogP contribution is -2.05. The molecule has 0 radical (unpaired) electrons. The Morgan fingerprint density at radius 1 is 1.15 bits per heavy atom. The number of thioether (sulfide) groups is 1. The first-order valence-corrected chi connectivity index (χ1v) is 8.76. The van der Waals surface area contributed by atoms with Gasteiger partial charge in [-0.3, -0.25) is 10.1 Å². The van der Waals surface area contributed by atoms with E-state index < -0.39 is 4.92 Å². The van der Waals surface area contributed by atoms with Crippen LogP contribution < -0.4 is 11.5 Å². The van der Waals surface area contributed by atoms with Crippen LogP contribution in [-0.4, -0.2) is 14.9 Å². The van der Waals surface area contributed by atoms with Crippen molar-refractivity contribution in [2.75, 3.05) is 11.5 Å². The second kappa shape index (κ2) is 7.72. The minimum atomic E-state index is -0.462. The average Bonchev–Trinajstić information content (AvgIpc) is 2.66. The Morgan fingerprint density at radius 3 is 2.56 bits per heavy atom. The van der Waals surface area contributed by atoms with Gasteiger partial charge in [-0.15, -0.1) is 11.8 Å². The number of nitro groups is 1. The molecule has 0 spiro atoms. The fraction of sp³-hybridized carbons (Fsp3) is 0.0556. The summed E-state index contributed by atoms with van der Waals surface area (Å²) in [5, 5.41) is 20.9. The molecule has 0 bridgehead atoms. The number of nitriles is 1. The molecule has 3 aromatic rings. The van der Waals surface area contributed by atoms with Gasteiger partial charge in [0.05, 0.1) is 15.5 Å². The van der Waals surface area contributed by atoms with E-state index in [1.165, 1.54) is 17.8 Å². The van der Waals surface area contributed by atoms with Crippen molar-refractivity contribution in [3.63, 3.8) is 0 Å². The third-order valence-corrected chi connectivity index (χ3v) is 4.87. The van der Waals surface area contributed by atoms with Crippen LogP contribution in [0.25, 0.3) is 11.3 Å². The third-order valence-electron chi connectivity index (χ3n) is 3.73. The van der Waals surface area contributed by atoms with E-state index >= 15 is 0 Å². The number of hydrogen-bond donors (Lipinski definition) is 2. The van der Waals surface area contributed by atoms with Gasteiger partial charge >= 0.3 is 0 Å². The van der Waals surface area contributed by atoms with Gasteiger partial charge in [0.25, 0.3) is 5.69 Å². The average molecular weight is 378 g/mol. The fourth-order valence-electron chi connectivity index (χ4n) is 2.48. The first kappa shape index (κ1) is 18.2. The highest BCUT2D eigenvalue weighted by molar-refractivity contribution is 7.98. The van der Waals surface area contributed by atoms with Gasteiger partial charge in [0.2, 0.25) is 5.95 Å². The second-order valence-electron chi connectivity index (χ2n) is 5.52. The van der Waals surface area contributed by atoms with Crippen LogP contribution in [0.2, 0.25) is 0 Å². The molecule has 0 saturated carbocycles. The fourth-order valence-corrected chi connectivity index (χ4v) is 3.44. The molecule has 0 aliphatic rings. The molecule has 9 heteroatoms. The first-order chi connectivity index (χ1) is 13.0. The highest BCUT2D eigenvalue weighted by Crippen LogP contribution is 2.36. The summed E-state index contributed by atoms with van der Waals surface area (Å²) >= 11 is 1.36. The van der Waals surface area contributed by atoms with Crippen molar-refractivity contribution in [3.8, 4) is 17.3 Å². The zero-order chi connectivity index (χ0) is 19.4. The molecule has 0 saturated heterocycles. The van der Waals surface area contributed by atoms with Gasteiger partial charge in [-0.25, -0.2) is 4.98 Å². The normalized spacial score (nSPS) is 10.3. The van der Waals surface area contributed by atoms with E-state index in [1.54, 1.807) is 12.1 Å². The zero-order valence-electron chi connectivity index (χ0n) is 14.0. The Balaban J connectivity index is 2.00. The summed E-state index contributed by atoms with van der Waals surface area (Å²) in [6.07, 6.45) is 0. The lowest BCUT2D eigenvalue weighted by molar-refractivity contribution is -0.387. The summed E-state index contributed by atoms with van der Waals surface area (Å²) in [5.74, 6) is 0.426. The lowest BCUT2D eigenvalue weighted by atomic mass is 10.1. The highest BCUT2D eigenvalue weighted by Gasteiger charge is 2.19. The Labute approximate surface area is 159 Å². The summed E-state index contributed by atoms with van der Waals surface area (Å²) < 4.78 is 0. The molecule has 0 fully saturated rings. The van der Waals surface area contributed by atoms with E-state index in [2.05, 4.69) is 9.97 Å². The van der Waals surface area contributed by atoms with Gasteiger partial charge in [0.15, 0.2) is 0 Å². The van der Waals surface area contributed by atoms with Crippen molar-refractivity contribution in [3.05, 3.63) is 69.8 Å². The maximum absolute atomic E-state index is 11.6. The maximum Gasteiger partial charge on any atom is 0.283 e. The molecule has 0 atom stereocenters. The number of anilines is 2. The molecule has 3 rings (SSSR count). The van der Waals surface area contributed by atoms with E-state index in [9.17, 15) is 15.4 Å². The van der Waals surface area contributed by atoms with Gasteiger partial charge in [0, 0.05) is 17.4 Å². The second-order valence-corrected chi connectivity index (χ2v) is 6.53. The maximum atomic E-state index is 11.6. The van der Waals surface area contributed by atoms with Crippen LogP contribution in [0.1, 0.15) is 11.1 Å². The molecule has 1 heterocycles. The molecule has 27 heavy (non-hydrogen) atoms. The minimum absolute atomic E-state index is 0.0307. The zero-order valence-corrected chi connectivity index (χ0v) is 14.8. The summed E-state index contributed by atoms with van der Waals surface area (Å²) in [6.45, 7) is 0. The molecule has 134 valence electrons. The highest BCUT2D eigenvalue weighted by atomic mass is 32.2. The Kier molecular flexibility index (Phi) is 5.19. The van der Waals surface area contributed by atoms with Crippen molar-refractivity contribution in [1.29, 1.82) is 5.26 Å². The van der Waals surface area contributed by atoms with Crippen molar-refractivity contribution >= 4 is 29.2 Å². The molecule has 0 unspecified atom stereocenters. The summed E-state index contributed by atoms with van der Waals surface area (Å²) in [4.78, 5) is 19.4. The first-order valence-electron chi connectivity index (χ1n) is 7.78. The quantitative estimate of drug-likeness (QED) is 0.390. The van der Waals surface area contributed by atoms with Crippen LogP contribution in [0.3, 0.4) is 0 Å². The smallest absolute Gasteiger partial charge is 0.283 e. The largest absolute Gasteiger partial charge is 0.382 e. The number of hydrogen-bond acceptors (Lipinski definition) is 8. The SMILES string of the molecule is N#Cc1c(N)nc(N)nc1-c1ccc(SCc2ccccc2)c([N+](=O)[O-])c1. The van der Waals surface area contributed by atoms with E-state index in [0.717, 1.165) is 5.56 Å². The van der Waals surface area contributed by atoms with Gasteiger partial charge in [0.1, 0.15) is 17.5 Å². The van der Waals surface area contributed by atoms with Crippen molar-refractivity contribution in [2.24, 2.45) is 0 Å². The minimum Gasteiger partial charge on any atom is -0.382 e. The van der Waals surface area contributed by atoms with Crippen molar-refractivity contribution in [2.45, 2.75) is 10.6 Å². The summed E-state index contributed by atoms with van der Waals surface area (Å²) in [6, 6.07) is 16.2. The van der Waals surface area contributed by atoms with Crippen LogP contribution in [0.15, 0.2) is 53.4 Å². The summed E-state index contributed by atoms with van der Waals surface area (Å²) in [7, 11) is 0.